The van der Waals surface area contributed by atoms with E-state index in [9.17, 15) is 4.79 Å². The molecule has 6 nitrogen and oxygen atoms in total. The first-order valence-electron chi connectivity index (χ1n) is 3.64. The molecule has 1 aromatic heterocycles. The van der Waals surface area contributed by atoms with Crippen molar-refractivity contribution in [1.82, 2.24) is 20.1 Å². The summed E-state index contributed by atoms with van der Waals surface area (Å²) >= 11 is 0. The van der Waals surface area contributed by atoms with Crippen molar-refractivity contribution in [3.63, 3.8) is 0 Å². The van der Waals surface area contributed by atoms with Crippen LogP contribution in [0.15, 0.2) is 0 Å². The molecular weight excluding hydrogens is 158 g/mol. The van der Waals surface area contributed by atoms with Crippen LogP contribution >= 0.6 is 0 Å². The average molecular weight is 166 g/mol. The van der Waals surface area contributed by atoms with Gasteiger partial charge < -0.3 is 10.3 Å². The molecule has 6 heteroatoms. The first-order chi connectivity index (χ1) is 5.79. The van der Waals surface area contributed by atoms with Crippen LogP contribution in [0.5, 0.6) is 0 Å². The Bertz CT molecular complexity index is 318. The van der Waals surface area contributed by atoms with Crippen molar-refractivity contribution in [2.45, 2.75) is 13.1 Å². The third-order valence-electron chi connectivity index (χ3n) is 1.78. The van der Waals surface area contributed by atoms with Crippen molar-refractivity contribution in [2.75, 3.05) is 6.54 Å². The van der Waals surface area contributed by atoms with Gasteiger partial charge in [0, 0.05) is 13.1 Å². The van der Waals surface area contributed by atoms with E-state index >= 15 is 0 Å². The fourth-order valence-electron chi connectivity index (χ4n) is 1.22. The molecule has 0 aromatic carbocycles. The second kappa shape index (κ2) is 2.56. The number of carbonyl (C=O) groups excluding carboxylic acids is 1. The first-order valence-corrected chi connectivity index (χ1v) is 3.64. The lowest BCUT2D eigenvalue weighted by atomic mass is 10.4. The van der Waals surface area contributed by atoms with Gasteiger partial charge in [0.2, 0.25) is 5.82 Å². The molecular formula is C6H8N5O. The quantitative estimate of drug-likeness (QED) is 0.550. The third kappa shape index (κ3) is 0.964. The molecule has 12 heavy (non-hydrogen) atoms. The fraction of sp³-hybridized carbons (Fsp3) is 0.500. The van der Waals surface area contributed by atoms with Crippen LogP contribution in [-0.4, -0.2) is 27.2 Å². The number of hydrogen-bond donors (Lipinski definition) is 1. The summed E-state index contributed by atoms with van der Waals surface area (Å²) in [5, 5.41) is 11.6. The van der Waals surface area contributed by atoms with Crippen LogP contribution in [0.3, 0.4) is 0 Å². The molecule has 0 spiro atoms. The molecule has 2 heterocycles. The molecule has 0 saturated heterocycles. The van der Waals surface area contributed by atoms with Gasteiger partial charge in [-0.05, 0) is 0 Å². The molecule has 0 atom stereocenters. The van der Waals surface area contributed by atoms with Gasteiger partial charge in [0.15, 0.2) is 0 Å². The molecule has 1 radical (unpaired) electrons. The lowest BCUT2D eigenvalue weighted by molar-refractivity contribution is 0.0985. The second-order valence-corrected chi connectivity index (χ2v) is 2.56. The molecule has 0 unspecified atom stereocenters. The van der Waals surface area contributed by atoms with E-state index in [-0.39, 0.29) is 5.82 Å². The molecule has 1 aliphatic rings. The monoisotopic (exact) mass is 166 g/mol. The van der Waals surface area contributed by atoms with Crippen LogP contribution in [0.1, 0.15) is 16.4 Å². The number of carbonyl (C=O) groups is 1. The number of fused-ring (bicyclic) bond motifs is 1. The van der Waals surface area contributed by atoms with Crippen molar-refractivity contribution < 1.29 is 4.79 Å². The highest BCUT2D eigenvalue weighted by Gasteiger charge is 2.18. The summed E-state index contributed by atoms with van der Waals surface area (Å²) in [5.74, 6) is 0.422. The number of amides is 1. The summed E-state index contributed by atoms with van der Waals surface area (Å²) in [6.45, 7) is 1.88. The van der Waals surface area contributed by atoms with Crippen LogP contribution < -0.4 is 11.1 Å². The fourth-order valence-corrected chi connectivity index (χ4v) is 1.22. The van der Waals surface area contributed by atoms with E-state index in [1.807, 2.05) is 0 Å². The first kappa shape index (κ1) is 7.23. The molecule has 1 aromatic rings. The summed E-state index contributed by atoms with van der Waals surface area (Å²) in [5.41, 5.74) is 5.09. The van der Waals surface area contributed by atoms with E-state index in [2.05, 4.69) is 15.5 Å². The zero-order chi connectivity index (χ0) is 8.55. The zero-order valence-corrected chi connectivity index (χ0v) is 6.40. The average Bonchev–Trinajstić information content (AvgIpc) is 2.47. The summed E-state index contributed by atoms with van der Waals surface area (Å²) in [6, 6.07) is 0. The lowest BCUT2D eigenvalue weighted by Gasteiger charge is -2.13. The van der Waals surface area contributed by atoms with Gasteiger partial charge >= 0.3 is 0 Å². The summed E-state index contributed by atoms with van der Waals surface area (Å²) in [4.78, 5) is 10.8. The van der Waals surface area contributed by atoms with Crippen LogP contribution in [0.25, 0.3) is 0 Å². The van der Waals surface area contributed by atoms with Crippen LogP contribution in [0.4, 0.5) is 0 Å². The highest BCUT2D eigenvalue weighted by Crippen LogP contribution is 2.05. The molecule has 2 N–H and O–H groups in total. The standard InChI is InChI=1S/C6H8N5O/c7-5(12)6-10-9-4-3-8-1-2-11(4)6/h1-3H2,(H2,7,12). The van der Waals surface area contributed by atoms with Crippen LogP contribution in [-0.2, 0) is 13.1 Å². The number of nitrogens with zero attached hydrogens (tertiary/aromatic N) is 4. The highest BCUT2D eigenvalue weighted by atomic mass is 16.1. The molecule has 2 rings (SSSR count). The Hall–Kier alpha value is -1.43. The number of rotatable bonds is 1. The minimum Gasteiger partial charge on any atom is -0.363 e. The Morgan fingerprint density at radius 3 is 3.08 bits per heavy atom. The van der Waals surface area contributed by atoms with Gasteiger partial charge in [-0.1, -0.05) is 0 Å². The minimum atomic E-state index is -0.532. The molecule has 0 bridgehead atoms. The van der Waals surface area contributed by atoms with Crippen LogP contribution in [0.2, 0.25) is 0 Å². The van der Waals surface area contributed by atoms with E-state index in [1.165, 1.54) is 0 Å². The number of hydrogen-bond acceptors (Lipinski definition) is 3. The van der Waals surface area contributed by atoms with E-state index in [0.29, 0.717) is 19.6 Å². The van der Waals surface area contributed by atoms with Crippen molar-refractivity contribution in [2.24, 2.45) is 5.73 Å². The molecule has 1 aliphatic heterocycles. The predicted octanol–water partition coefficient (Wildman–Crippen LogP) is -1.51. The summed E-state index contributed by atoms with van der Waals surface area (Å²) < 4.78 is 1.72. The number of nitrogens with two attached hydrogens (primary N) is 1. The largest absolute Gasteiger partial charge is 0.363 e. The Labute approximate surface area is 68.8 Å². The topological polar surface area (TPSA) is 87.9 Å². The second-order valence-electron chi connectivity index (χ2n) is 2.56. The van der Waals surface area contributed by atoms with E-state index in [4.69, 9.17) is 5.73 Å². The highest BCUT2D eigenvalue weighted by molar-refractivity contribution is 5.89. The Morgan fingerprint density at radius 2 is 2.33 bits per heavy atom. The molecule has 0 fully saturated rings. The SMILES string of the molecule is NC(=O)c1nnc2n1CC[N]C2. The van der Waals surface area contributed by atoms with Gasteiger partial charge in [-0.3, -0.25) is 4.79 Å². The molecule has 63 valence electrons. The van der Waals surface area contributed by atoms with Gasteiger partial charge in [-0.25, -0.2) is 5.32 Å². The maximum atomic E-state index is 10.8. The van der Waals surface area contributed by atoms with Crippen molar-refractivity contribution in [3.05, 3.63) is 11.6 Å². The van der Waals surface area contributed by atoms with Crippen molar-refractivity contribution in [1.29, 1.82) is 0 Å². The maximum Gasteiger partial charge on any atom is 0.286 e. The zero-order valence-electron chi connectivity index (χ0n) is 6.40. The summed E-state index contributed by atoms with van der Waals surface area (Å²) in [7, 11) is 0. The van der Waals surface area contributed by atoms with Gasteiger partial charge in [0.25, 0.3) is 5.91 Å². The maximum absolute atomic E-state index is 10.8. The van der Waals surface area contributed by atoms with Gasteiger partial charge in [0.05, 0.1) is 6.54 Å². The molecule has 0 saturated carbocycles. The Morgan fingerprint density at radius 1 is 1.50 bits per heavy atom. The minimum absolute atomic E-state index is 0.236. The van der Waals surface area contributed by atoms with Gasteiger partial charge in [0.1, 0.15) is 5.82 Å². The van der Waals surface area contributed by atoms with Gasteiger partial charge in [-0.2, -0.15) is 0 Å². The molecule has 0 aliphatic carbocycles. The smallest absolute Gasteiger partial charge is 0.286 e. The Balaban J connectivity index is 2.44. The van der Waals surface area contributed by atoms with E-state index < -0.39 is 5.91 Å². The molecule has 1 amide bonds. The third-order valence-corrected chi connectivity index (χ3v) is 1.78. The van der Waals surface area contributed by atoms with E-state index in [0.717, 1.165) is 5.82 Å². The number of primary amides is 1. The Kier molecular flexibility index (Phi) is 1.54. The van der Waals surface area contributed by atoms with Crippen molar-refractivity contribution in [3.8, 4) is 0 Å². The lowest BCUT2D eigenvalue weighted by Crippen LogP contribution is -2.27. The predicted molar refractivity (Wildman–Crippen MR) is 39.2 cm³/mol. The van der Waals surface area contributed by atoms with Crippen molar-refractivity contribution >= 4 is 5.91 Å². The van der Waals surface area contributed by atoms with Crippen LogP contribution in [0, 0.1) is 0 Å². The van der Waals surface area contributed by atoms with E-state index in [1.54, 1.807) is 4.57 Å². The summed E-state index contributed by atoms with van der Waals surface area (Å²) in [6.07, 6.45) is 0. The normalized spacial score (nSPS) is 15.7. The number of aromatic nitrogens is 3. The van der Waals surface area contributed by atoms with Gasteiger partial charge in [-0.15, -0.1) is 10.2 Å².